The second-order valence-corrected chi connectivity index (χ2v) is 15.7. The third kappa shape index (κ3) is 38.3. The van der Waals surface area contributed by atoms with Gasteiger partial charge < -0.3 is 14.5 Å². The molecule has 270 valence electrons. The highest BCUT2D eigenvalue weighted by atomic mass is 32.2. The van der Waals surface area contributed by atoms with Gasteiger partial charge in [-0.1, -0.05) is 187 Å². The fraction of sp³-hybridized carbons (Fsp3) is 0.973. The first-order valence-corrected chi connectivity index (χ1v) is 22.0. The van der Waals surface area contributed by atoms with E-state index < -0.39 is 13.9 Å². The van der Waals surface area contributed by atoms with E-state index in [0.29, 0.717) is 12.2 Å². The normalized spacial score (nSPS) is 12.5. The molecule has 8 heteroatoms. The van der Waals surface area contributed by atoms with Crippen LogP contribution in [0.5, 0.6) is 0 Å². The van der Waals surface area contributed by atoms with E-state index in [9.17, 15) is 9.36 Å². The van der Waals surface area contributed by atoms with Crippen LogP contribution in [0.3, 0.4) is 0 Å². The molecule has 0 aromatic rings. The van der Waals surface area contributed by atoms with Gasteiger partial charge in [0.15, 0.2) is 0 Å². The van der Waals surface area contributed by atoms with E-state index in [1.165, 1.54) is 161 Å². The maximum Gasteiger partial charge on any atom is 0.469 e. The van der Waals surface area contributed by atoms with Gasteiger partial charge in [0.25, 0.3) is 0 Å². The largest absolute Gasteiger partial charge is 0.469 e. The molecule has 2 N–H and O–H groups in total. The minimum atomic E-state index is -4.59. The summed E-state index contributed by atoms with van der Waals surface area (Å²) in [7, 11) is -4.59. The summed E-state index contributed by atoms with van der Waals surface area (Å²) in [4.78, 5) is 30.6. The van der Waals surface area contributed by atoms with Gasteiger partial charge in [0.1, 0.15) is 6.10 Å². The lowest BCUT2D eigenvalue weighted by molar-refractivity contribution is -0.149. The van der Waals surface area contributed by atoms with Crippen LogP contribution in [0.25, 0.3) is 0 Å². The SMILES string of the molecule is CCCCCCCCCCCCCCCCCCSCC(COP(=O)(O)O)OC(=O)CCCCCCCCCCCCCCC. The number of ether oxygens (including phenoxy) is 1. The summed E-state index contributed by atoms with van der Waals surface area (Å²) in [5.74, 6) is 1.17. The van der Waals surface area contributed by atoms with Crippen molar-refractivity contribution >= 4 is 25.6 Å². The minimum Gasteiger partial charge on any atom is -0.459 e. The van der Waals surface area contributed by atoms with Gasteiger partial charge in [-0.05, 0) is 18.6 Å². The fourth-order valence-corrected chi connectivity index (χ4v) is 7.16. The van der Waals surface area contributed by atoms with Crippen molar-refractivity contribution in [2.75, 3.05) is 18.1 Å². The molecule has 0 saturated carbocycles. The van der Waals surface area contributed by atoms with Crippen molar-refractivity contribution in [1.29, 1.82) is 0 Å². The van der Waals surface area contributed by atoms with Crippen molar-refractivity contribution in [3.05, 3.63) is 0 Å². The average Bonchev–Trinajstić information content (AvgIpc) is 3.01. The molecule has 0 aliphatic carbocycles. The van der Waals surface area contributed by atoms with Crippen molar-refractivity contribution < 1.29 is 28.4 Å². The van der Waals surface area contributed by atoms with Crippen molar-refractivity contribution in [3.8, 4) is 0 Å². The summed E-state index contributed by atoms with van der Waals surface area (Å²) < 4.78 is 21.4. The monoisotopic (exact) mass is 679 g/mol. The van der Waals surface area contributed by atoms with Gasteiger partial charge in [0, 0.05) is 12.2 Å². The van der Waals surface area contributed by atoms with Gasteiger partial charge in [-0.25, -0.2) is 4.57 Å². The molecule has 0 rings (SSSR count). The Labute approximate surface area is 284 Å². The summed E-state index contributed by atoms with van der Waals surface area (Å²) in [6.45, 7) is 4.27. The van der Waals surface area contributed by atoms with Gasteiger partial charge in [-0.3, -0.25) is 9.32 Å². The first-order chi connectivity index (χ1) is 21.9. The Morgan fingerprint density at radius 2 is 0.889 bits per heavy atom. The van der Waals surface area contributed by atoms with Crippen LogP contribution in [0.4, 0.5) is 0 Å². The van der Waals surface area contributed by atoms with E-state index in [2.05, 4.69) is 18.4 Å². The third-order valence-electron chi connectivity index (χ3n) is 8.66. The Kier molecular flexibility index (Phi) is 35.2. The number of thioether (sulfide) groups is 1. The summed E-state index contributed by atoms with van der Waals surface area (Å²) >= 11 is 1.68. The quantitative estimate of drug-likeness (QED) is 0.0384. The summed E-state index contributed by atoms with van der Waals surface area (Å²) in [6, 6.07) is 0. The van der Waals surface area contributed by atoms with Crippen molar-refractivity contribution in [3.63, 3.8) is 0 Å². The van der Waals surface area contributed by atoms with Gasteiger partial charge in [-0.15, -0.1) is 0 Å². The first kappa shape index (κ1) is 44.9. The summed E-state index contributed by atoms with van der Waals surface area (Å²) in [6.07, 6.45) is 37.6. The number of rotatable bonds is 37. The highest BCUT2D eigenvalue weighted by Crippen LogP contribution is 2.36. The maximum atomic E-state index is 12.4. The summed E-state index contributed by atoms with van der Waals surface area (Å²) in [5, 5.41) is 0. The van der Waals surface area contributed by atoms with Crippen molar-refractivity contribution in [1.82, 2.24) is 0 Å². The molecular weight excluding hydrogens is 603 g/mol. The molecule has 0 aliphatic heterocycles. The third-order valence-corrected chi connectivity index (χ3v) is 10.3. The van der Waals surface area contributed by atoms with Crippen LogP contribution in [-0.2, 0) is 18.6 Å². The molecule has 0 spiro atoms. The first-order valence-electron chi connectivity index (χ1n) is 19.4. The number of hydrogen-bond donors (Lipinski definition) is 2. The standard InChI is InChI=1S/C37H75O6PS/c1-3-5-7-9-11-13-15-17-18-19-21-23-25-27-29-31-33-45-35-36(34-42-44(39,40)41)43-37(38)32-30-28-26-24-22-20-16-14-12-10-8-6-4-2/h36H,3-35H2,1-2H3,(H2,39,40,41). The predicted octanol–water partition coefficient (Wildman–Crippen LogP) is 12.5. The second kappa shape index (κ2) is 35.2. The van der Waals surface area contributed by atoms with Crippen LogP contribution < -0.4 is 0 Å². The lowest BCUT2D eigenvalue weighted by atomic mass is 10.0. The molecule has 0 aromatic carbocycles. The van der Waals surface area contributed by atoms with Crippen LogP contribution in [0, 0.1) is 0 Å². The predicted molar refractivity (Wildman–Crippen MR) is 195 cm³/mol. The molecule has 45 heavy (non-hydrogen) atoms. The fourth-order valence-electron chi connectivity index (χ4n) is 5.80. The zero-order chi connectivity index (χ0) is 33.1. The second-order valence-electron chi connectivity index (χ2n) is 13.3. The molecule has 1 atom stereocenters. The number of esters is 1. The van der Waals surface area contributed by atoms with Gasteiger partial charge >= 0.3 is 13.8 Å². The summed E-state index contributed by atoms with van der Waals surface area (Å²) in [5.41, 5.74) is 0. The topological polar surface area (TPSA) is 93.1 Å². The molecular formula is C37H75O6PS. The molecule has 0 amide bonds. The highest BCUT2D eigenvalue weighted by Gasteiger charge is 2.21. The number of hydrogen-bond acceptors (Lipinski definition) is 5. The Morgan fingerprint density at radius 1 is 0.556 bits per heavy atom. The molecule has 0 aliphatic rings. The van der Waals surface area contributed by atoms with Crippen LogP contribution in [0.2, 0.25) is 0 Å². The van der Waals surface area contributed by atoms with Gasteiger partial charge in [0.2, 0.25) is 0 Å². The van der Waals surface area contributed by atoms with E-state index in [1.54, 1.807) is 11.8 Å². The van der Waals surface area contributed by atoms with E-state index >= 15 is 0 Å². The van der Waals surface area contributed by atoms with Crippen LogP contribution in [0.15, 0.2) is 0 Å². The zero-order valence-electron chi connectivity index (χ0n) is 29.8. The molecule has 0 bridgehead atoms. The van der Waals surface area contributed by atoms with E-state index in [1.807, 2.05) is 0 Å². The number of unbranched alkanes of at least 4 members (excludes halogenated alkanes) is 27. The zero-order valence-corrected chi connectivity index (χ0v) is 31.5. The van der Waals surface area contributed by atoms with Crippen LogP contribution in [-0.4, -0.2) is 40.0 Å². The van der Waals surface area contributed by atoms with E-state index in [0.717, 1.165) is 31.4 Å². The van der Waals surface area contributed by atoms with E-state index in [4.69, 9.17) is 14.5 Å². The number of phosphoric acid groups is 1. The lowest BCUT2D eigenvalue weighted by Gasteiger charge is -2.18. The number of carbonyl (C=O) groups excluding carboxylic acids is 1. The molecule has 0 fully saturated rings. The Balaban J connectivity index is 3.76. The minimum absolute atomic E-state index is 0.263. The Bertz CT molecular complexity index is 659. The molecule has 0 saturated heterocycles. The van der Waals surface area contributed by atoms with Crippen LogP contribution in [0.1, 0.15) is 206 Å². The molecule has 0 aromatic heterocycles. The lowest BCUT2D eigenvalue weighted by Crippen LogP contribution is -2.25. The highest BCUT2D eigenvalue weighted by molar-refractivity contribution is 7.99. The molecule has 0 radical (unpaired) electrons. The Morgan fingerprint density at radius 3 is 1.24 bits per heavy atom. The van der Waals surface area contributed by atoms with Gasteiger partial charge in [-0.2, -0.15) is 11.8 Å². The Hall–Kier alpha value is -0.0700. The van der Waals surface area contributed by atoms with Crippen molar-refractivity contribution in [2.45, 2.75) is 213 Å². The number of carbonyl (C=O) groups is 1. The maximum absolute atomic E-state index is 12.4. The number of phosphoric ester groups is 1. The average molecular weight is 679 g/mol. The smallest absolute Gasteiger partial charge is 0.459 e. The van der Waals surface area contributed by atoms with Gasteiger partial charge in [0.05, 0.1) is 6.61 Å². The van der Waals surface area contributed by atoms with Crippen molar-refractivity contribution in [2.24, 2.45) is 0 Å². The molecule has 1 unspecified atom stereocenters. The molecule has 6 nitrogen and oxygen atoms in total. The molecule has 0 heterocycles. The van der Waals surface area contributed by atoms with E-state index in [-0.39, 0.29) is 12.6 Å². The van der Waals surface area contributed by atoms with Crippen LogP contribution >= 0.6 is 19.6 Å².